The third-order valence-corrected chi connectivity index (χ3v) is 3.48. The number of carbonyl (C=O) groups is 2. The highest BCUT2D eigenvalue weighted by atomic mass is 16.2. The van der Waals surface area contributed by atoms with Crippen LogP contribution < -0.4 is 5.32 Å². The molecule has 4 nitrogen and oxygen atoms in total. The lowest BCUT2D eigenvalue weighted by Gasteiger charge is -2.21. The smallest absolute Gasteiger partial charge is 0.313 e. The Labute approximate surface area is 133 Å². The second-order valence-corrected chi connectivity index (χ2v) is 6.57. The predicted octanol–water partition coefficient (Wildman–Crippen LogP) is 3.57. The number of hydrogen-bond donors (Lipinski definition) is 1. The largest absolute Gasteiger partial charge is 0.334 e. The van der Waals surface area contributed by atoms with Crippen molar-refractivity contribution >= 4 is 17.5 Å². The molecule has 0 aliphatic rings. The minimum atomic E-state index is -0.564. The van der Waals surface area contributed by atoms with Crippen LogP contribution in [0.3, 0.4) is 0 Å². The van der Waals surface area contributed by atoms with E-state index < -0.39 is 11.8 Å². The lowest BCUT2D eigenvalue weighted by atomic mass is 9.87. The van der Waals surface area contributed by atoms with Crippen LogP contribution in [-0.4, -0.2) is 29.8 Å². The highest BCUT2D eigenvalue weighted by Gasteiger charge is 2.21. The second-order valence-electron chi connectivity index (χ2n) is 6.57. The first-order chi connectivity index (χ1) is 10.3. The molecule has 0 fully saturated rings. The zero-order valence-electron chi connectivity index (χ0n) is 14.4. The molecule has 0 aliphatic heterocycles. The average Bonchev–Trinajstić information content (AvgIpc) is 2.46. The van der Waals surface area contributed by atoms with Gasteiger partial charge in [-0.15, -0.1) is 0 Å². The summed E-state index contributed by atoms with van der Waals surface area (Å²) in [6, 6.07) is 7.65. The molecule has 4 heteroatoms. The first-order valence-corrected chi connectivity index (χ1v) is 8.00. The van der Waals surface area contributed by atoms with E-state index in [2.05, 4.69) is 26.1 Å². The molecular weight excluding hydrogens is 276 g/mol. The molecule has 0 saturated heterocycles. The monoisotopic (exact) mass is 304 g/mol. The minimum absolute atomic E-state index is 0.0669. The molecule has 0 unspecified atom stereocenters. The van der Waals surface area contributed by atoms with Crippen molar-refractivity contribution in [2.24, 2.45) is 0 Å². The van der Waals surface area contributed by atoms with Crippen LogP contribution >= 0.6 is 0 Å². The maximum Gasteiger partial charge on any atom is 0.313 e. The van der Waals surface area contributed by atoms with Crippen molar-refractivity contribution in [2.45, 2.75) is 52.9 Å². The Balaban J connectivity index is 2.73. The van der Waals surface area contributed by atoms with E-state index in [0.717, 1.165) is 12.8 Å². The highest BCUT2D eigenvalue weighted by molar-refractivity contribution is 6.39. The highest BCUT2D eigenvalue weighted by Crippen LogP contribution is 2.23. The van der Waals surface area contributed by atoms with Crippen LogP contribution in [0.15, 0.2) is 24.3 Å². The van der Waals surface area contributed by atoms with Gasteiger partial charge in [0.25, 0.3) is 0 Å². The van der Waals surface area contributed by atoms with Crippen LogP contribution in [0, 0.1) is 0 Å². The summed E-state index contributed by atoms with van der Waals surface area (Å²) < 4.78 is 0. The number of nitrogens with one attached hydrogen (secondary N) is 1. The van der Waals surface area contributed by atoms with Crippen LogP contribution in [-0.2, 0) is 15.0 Å². The molecule has 0 heterocycles. The first-order valence-electron chi connectivity index (χ1n) is 8.00. The van der Waals surface area contributed by atoms with Crippen molar-refractivity contribution in [1.29, 1.82) is 0 Å². The molecule has 1 N–H and O–H groups in total. The molecule has 2 amide bonds. The standard InChI is InChI=1S/C18H28N2O2/c1-6-12-20(13-7-2)17(22)16(21)19-15-10-8-14(9-11-15)18(3,4)5/h8-11H,6-7,12-13H2,1-5H3,(H,19,21). The lowest BCUT2D eigenvalue weighted by Crippen LogP contribution is -2.40. The second kappa shape index (κ2) is 7.97. The average molecular weight is 304 g/mol. The molecule has 0 radical (unpaired) electrons. The van der Waals surface area contributed by atoms with Crippen molar-refractivity contribution in [2.75, 3.05) is 18.4 Å². The Morgan fingerprint density at radius 1 is 1.00 bits per heavy atom. The fourth-order valence-electron chi connectivity index (χ4n) is 2.24. The molecular formula is C18H28N2O2. The van der Waals surface area contributed by atoms with E-state index in [1.165, 1.54) is 5.56 Å². The van der Waals surface area contributed by atoms with Gasteiger partial charge in [-0.05, 0) is 36.0 Å². The summed E-state index contributed by atoms with van der Waals surface area (Å²) in [5.41, 5.74) is 1.91. The summed E-state index contributed by atoms with van der Waals surface area (Å²) in [5, 5.41) is 2.69. The third-order valence-electron chi connectivity index (χ3n) is 3.48. The van der Waals surface area contributed by atoms with Gasteiger partial charge in [0.2, 0.25) is 0 Å². The van der Waals surface area contributed by atoms with Crippen LogP contribution in [0.1, 0.15) is 53.0 Å². The van der Waals surface area contributed by atoms with E-state index in [9.17, 15) is 9.59 Å². The molecule has 0 aliphatic carbocycles. The Morgan fingerprint density at radius 3 is 1.91 bits per heavy atom. The van der Waals surface area contributed by atoms with Gasteiger partial charge in [-0.2, -0.15) is 0 Å². The van der Waals surface area contributed by atoms with E-state index in [0.29, 0.717) is 18.8 Å². The number of carbonyl (C=O) groups excluding carboxylic acids is 2. The summed E-state index contributed by atoms with van der Waals surface area (Å²) in [5.74, 6) is -1.02. The van der Waals surface area contributed by atoms with E-state index >= 15 is 0 Å². The summed E-state index contributed by atoms with van der Waals surface area (Å²) in [7, 11) is 0. The van der Waals surface area contributed by atoms with E-state index in [1.807, 2.05) is 38.1 Å². The van der Waals surface area contributed by atoms with Crippen molar-refractivity contribution in [3.05, 3.63) is 29.8 Å². The topological polar surface area (TPSA) is 49.4 Å². The number of amides is 2. The summed E-state index contributed by atoms with van der Waals surface area (Å²) in [6.45, 7) is 11.6. The molecule has 0 saturated carbocycles. The number of anilines is 1. The van der Waals surface area contributed by atoms with E-state index in [-0.39, 0.29) is 5.41 Å². The van der Waals surface area contributed by atoms with Crippen LogP contribution in [0.25, 0.3) is 0 Å². The van der Waals surface area contributed by atoms with Gasteiger partial charge in [-0.1, -0.05) is 46.8 Å². The molecule has 1 aromatic rings. The molecule has 1 rings (SSSR count). The van der Waals surface area contributed by atoms with Gasteiger partial charge in [0.05, 0.1) is 0 Å². The zero-order valence-corrected chi connectivity index (χ0v) is 14.4. The van der Waals surface area contributed by atoms with Crippen molar-refractivity contribution < 1.29 is 9.59 Å². The maximum absolute atomic E-state index is 12.2. The van der Waals surface area contributed by atoms with E-state index in [1.54, 1.807) is 4.90 Å². The summed E-state index contributed by atoms with van der Waals surface area (Å²) >= 11 is 0. The Hall–Kier alpha value is -1.84. The van der Waals surface area contributed by atoms with Gasteiger partial charge >= 0.3 is 11.8 Å². The van der Waals surface area contributed by atoms with Gasteiger partial charge in [0, 0.05) is 18.8 Å². The normalized spacial score (nSPS) is 11.1. The van der Waals surface area contributed by atoms with Crippen molar-refractivity contribution in [3.8, 4) is 0 Å². The SMILES string of the molecule is CCCN(CCC)C(=O)C(=O)Nc1ccc(C(C)(C)C)cc1. The van der Waals surface area contributed by atoms with Crippen molar-refractivity contribution in [3.63, 3.8) is 0 Å². The fourth-order valence-corrected chi connectivity index (χ4v) is 2.24. The molecule has 0 bridgehead atoms. The molecule has 22 heavy (non-hydrogen) atoms. The Kier molecular flexibility index (Phi) is 6.60. The van der Waals surface area contributed by atoms with Gasteiger partial charge in [0.15, 0.2) is 0 Å². The summed E-state index contributed by atoms with van der Waals surface area (Å²) in [6.07, 6.45) is 1.69. The van der Waals surface area contributed by atoms with Gasteiger partial charge in [0.1, 0.15) is 0 Å². The van der Waals surface area contributed by atoms with Gasteiger partial charge < -0.3 is 10.2 Å². The van der Waals surface area contributed by atoms with Crippen LogP contribution in [0.5, 0.6) is 0 Å². The molecule has 0 aromatic heterocycles. The van der Waals surface area contributed by atoms with Crippen LogP contribution in [0.2, 0.25) is 0 Å². The van der Waals surface area contributed by atoms with Gasteiger partial charge in [-0.3, -0.25) is 9.59 Å². The van der Waals surface area contributed by atoms with Gasteiger partial charge in [-0.25, -0.2) is 0 Å². The number of nitrogens with zero attached hydrogens (tertiary/aromatic N) is 1. The number of hydrogen-bond acceptors (Lipinski definition) is 2. The number of benzene rings is 1. The third kappa shape index (κ3) is 5.17. The molecule has 0 spiro atoms. The van der Waals surface area contributed by atoms with E-state index in [4.69, 9.17) is 0 Å². The minimum Gasteiger partial charge on any atom is -0.334 e. The Morgan fingerprint density at radius 2 is 1.50 bits per heavy atom. The fraction of sp³-hybridized carbons (Fsp3) is 0.556. The summed E-state index contributed by atoms with van der Waals surface area (Å²) in [4.78, 5) is 25.9. The quantitative estimate of drug-likeness (QED) is 0.845. The first kappa shape index (κ1) is 18.2. The molecule has 122 valence electrons. The molecule has 1 aromatic carbocycles. The van der Waals surface area contributed by atoms with Crippen LogP contribution in [0.4, 0.5) is 5.69 Å². The zero-order chi connectivity index (χ0) is 16.8. The Bertz CT molecular complexity index is 495. The lowest BCUT2D eigenvalue weighted by molar-refractivity contribution is -0.143. The number of rotatable bonds is 5. The molecule has 0 atom stereocenters. The maximum atomic E-state index is 12.2. The van der Waals surface area contributed by atoms with Crippen molar-refractivity contribution in [1.82, 2.24) is 4.90 Å². The predicted molar refractivity (Wildman–Crippen MR) is 90.9 cm³/mol.